The third-order valence-electron chi connectivity index (χ3n) is 8.49. The molecule has 0 fully saturated rings. The molecule has 0 unspecified atom stereocenters. The fourth-order valence-electron chi connectivity index (χ4n) is 5.54. The summed E-state index contributed by atoms with van der Waals surface area (Å²) in [5.41, 5.74) is 6.53. The Labute approximate surface area is 307 Å². The Morgan fingerprint density at radius 2 is 1.10 bits per heavy atom. The van der Waals surface area contributed by atoms with E-state index in [1.54, 1.807) is 29.7 Å². The number of nitrogens with zero attached hydrogens (tertiary/aromatic N) is 4. The molecule has 0 radical (unpaired) electrons. The lowest BCUT2D eigenvalue weighted by atomic mass is 9.87. The molecule has 52 heavy (non-hydrogen) atoms. The zero-order valence-electron chi connectivity index (χ0n) is 29.8. The lowest BCUT2D eigenvalue weighted by Crippen LogP contribution is -2.13. The van der Waals surface area contributed by atoms with E-state index in [4.69, 9.17) is 0 Å². The van der Waals surface area contributed by atoms with Gasteiger partial charge in [-0.2, -0.15) is 0 Å². The molecule has 6 rings (SSSR count). The van der Waals surface area contributed by atoms with Gasteiger partial charge in [-0.3, -0.25) is 9.97 Å². The fraction of sp³-hybridized carbons (Fsp3) is 0.186. The minimum atomic E-state index is -1.16. The minimum absolute atomic E-state index is 0.0150. The number of aromatic carboxylic acids is 2. The van der Waals surface area contributed by atoms with Crippen LogP contribution in [-0.4, -0.2) is 37.1 Å². The molecule has 6 aromatic rings. The Hall–Kier alpha value is -6.11. The van der Waals surface area contributed by atoms with Crippen LogP contribution < -0.4 is 4.90 Å². The van der Waals surface area contributed by atoms with Gasteiger partial charge in [0.05, 0.1) is 38.8 Å². The lowest BCUT2D eigenvalue weighted by Gasteiger charge is -2.26. The van der Waals surface area contributed by atoms with Crippen molar-refractivity contribution in [3.63, 3.8) is 0 Å². The van der Waals surface area contributed by atoms with Gasteiger partial charge in [0.15, 0.2) is 0 Å². The molecule has 4 aromatic heterocycles. The van der Waals surface area contributed by atoms with Gasteiger partial charge in [0.25, 0.3) is 0 Å². The molecule has 0 atom stereocenters. The Bertz CT molecular complexity index is 2280. The highest BCUT2D eigenvalue weighted by Crippen LogP contribution is 2.40. The number of rotatable bonds is 7. The maximum absolute atomic E-state index is 12.0. The molecule has 9 heteroatoms. The standard InChI is InChI=1S/C43H38N4O4S/c1-42(2,3)30-8-12-32(13-9-30)47(33-14-10-31(11-15-33)43(4,5)6)39-18-17-34(52-39)16-7-27-19-21-44-35(23-27)37-25-29(41(50)51)26-38(46-37)36-24-28(40(48)49)20-22-45-36/h8-15,17-26H,1-6H3,(H,48,49)(H,50,51). The van der Waals surface area contributed by atoms with Gasteiger partial charge in [-0.15, -0.1) is 11.3 Å². The number of benzene rings is 2. The van der Waals surface area contributed by atoms with Crippen LogP contribution in [0.2, 0.25) is 0 Å². The molecule has 0 aliphatic rings. The van der Waals surface area contributed by atoms with Crippen molar-refractivity contribution in [3.8, 4) is 34.6 Å². The second-order valence-electron chi connectivity index (χ2n) is 14.4. The van der Waals surface area contributed by atoms with Crippen molar-refractivity contribution in [1.29, 1.82) is 0 Å². The summed E-state index contributed by atoms with van der Waals surface area (Å²) in [6.07, 6.45) is 2.95. The molecule has 0 amide bonds. The van der Waals surface area contributed by atoms with Crippen molar-refractivity contribution in [3.05, 3.63) is 142 Å². The monoisotopic (exact) mass is 706 g/mol. The van der Waals surface area contributed by atoms with E-state index in [1.165, 1.54) is 41.6 Å². The van der Waals surface area contributed by atoms with Crippen LogP contribution in [0.15, 0.2) is 109 Å². The summed E-state index contributed by atoms with van der Waals surface area (Å²) < 4.78 is 0. The van der Waals surface area contributed by atoms with Crippen molar-refractivity contribution in [2.24, 2.45) is 0 Å². The summed E-state index contributed by atoms with van der Waals surface area (Å²) in [4.78, 5) is 39.9. The fourth-order valence-corrected chi connectivity index (χ4v) is 6.44. The minimum Gasteiger partial charge on any atom is -0.478 e. The van der Waals surface area contributed by atoms with Gasteiger partial charge in [0.1, 0.15) is 5.00 Å². The number of anilines is 3. The lowest BCUT2D eigenvalue weighted by molar-refractivity contribution is 0.0686. The smallest absolute Gasteiger partial charge is 0.335 e. The summed E-state index contributed by atoms with van der Waals surface area (Å²) >= 11 is 1.59. The molecule has 0 aliphatic heterocycles. The molecule has 8 nitrogen and oxygen atoms in total. The van der Waals surface area contributed by atoms with Crippen molar-refractivity contribution in [1.82, 2.24) is 15.0 Å². The van der Waals surface area contributed by atoms with E-state index in [0.29, 0.717) is 17.0 Å². The van der Waals surface area contributed by atoms with Crippen LogP contribution in [0.25, 0.3) is 22.8 Å². The molecule has 2 N–H and O–H groups in total. The predicted molar refractivity (Wildman–Crippen MR) is 207 cm³/mol. The van der Waals surface area contributed by atoms with Gasteiger partial charge < -0.3 is 15.1 Å². The zero-order valence-corrected chi connectivity index (χ0v) is 30.6. The second kappa shape index (κ2) is 14.3. The molecule has 0 bridgehead atoms. The van der Waals surface area contributed by atoms with Gasteiger partial charge in [0.2, 0.25) is 0 Å². The van der Waals surface area contributed by atoms with Crippen LogP contribution >= 0.6 is 11.3 Å². The van der Waals surface area contributed by atoms with Crippen LogP contribution in [-0.2, 0) is 10.8 Å². The molecule has 0 aliphatic carbocycles. The zero-order chi connectivity index (χ0) is 37.2. The van der Waals surface area contributed by atoms with Gasteiger partial charge in [0, 0.05) is 29.3 Å². The highest BCUT2D eigenvalue weighted by atomic mass is 32.1. The van der Waals surface area contributed by atoms with Crippen LogP contribution in [0.1, 0.15) is 83.8 Å². The van der Waals surface area contributed by atoms with E-state index in [0.717, 1.165) is 21.3 Å². The highest BCUT2D eigenvalue weighted by molar-refractivity contribution is 7.16. The second-order valence-corrected chi connectivity index (χ2v) is 15.5. The normalized spacial score (nSPS) is 11.4. The van der Waals surface area contributed by atoms with Gasteiger partial charge in [-0.05, 0) is 94.8 Å². The van der Waals surface area contributed by atoms with E-state index in [2.05, 4.69) is 128 Å². The Morgan fingerprint density at radius 3 is 1.62 bits per heavy atom. The number of thiophene rings is 1. The first-order valence-corrected chi connectivity index (χ1v) is 17.5. The summed E-state index contributed by atoms with van der Waals surface area (Å²) in [6.45, 7) is 13.3. The van der Waals surface area contributed by atoms with Gasteiger partial charge >= 0.3 is 11.9 Å². The Kier molecular flexibility index (Phi) is 9.79. The number of hydrogen-bond acceptors (Lipinski definition) is 7. The molecular formula is C43H38N4O4S. The third kappa shape index (κ3) is 8.09. The summed E-state index contributed by atoms with van der Waals surface area (Å²) in [5, 5.41) is 20.3. The molecule has 0 saturated heterocycles. The van der Waals surface area contributed by atoms with Gasteiger partial charge in [-0.1, -0.05) is 77.6 Å². The van der Waals surface area contributed by atoms with Crippen LogP contribution in [0.4, 0.5) is 16.4 Å². The number of pyridine rings is 3. The van der Waals surface area contributed by atoms with Crippen LogP contribution in [0, 0.1) is 11.8 Å². The third-order valence-corrected chi connectivity index (χ3v) is 9.48. The number of carboxylic acids is 2. The number of aromatic nitrogens is 3. The summed E-state index contributed by atoms with van der Waals surface area (Å²) in [6, 6.07) is 30.5. The maximum atomic E-state index is 12.0. The van der Waals surface area contributed by atoms with E-state index >= 15 is 0 Å². The first-order valence-electron chi connectivity index (χ1n) is 16.7. The highest BCUT2D eigenvalue weighted by Gasteiger charge is 2.20. The van der Waals surface area contributed by atoms with E-state index < -0.39 is 11.9 Å². The Balaban J connectivity index is 1.33. The molecule has 4 heterocycles. The average molecular weight is 707 g/mol. The van der Waals surface area contributed by atoms with E-state index in [1.807, 2.05) is 6.07 Å². The molecule has 2 aromatic carbocycles. The largest absolute Gasteiger partial charge is 0.478 e. The first-order chi connectivity index (χ1) is 24.7. The number of carbonyl (C=O) groups is 2. The first kappa shape index (κ1) is 35.7. The topological polar surface area (TPSA) is 117 Å². The molecule has 260 valence electrons. The molecule has 0 spiro atoms. The summed E-state index contributed by atoms with van der Waals surface area (Å²) in [5.74, 6) is 4.25. The van der Waals surface area contributed by atoms with Crippen molar-refractivity contribution in [2.75, 3.05) is 4.90 Å². The SMILES string of the molecule is CC(C)(C)c1ccc(N(c2ccc(C(C)(C)C)cc2)c2ccc(C#Cc3ccnc(-c4cc(C(=O)O)cc(-c5cc(C(=O)O)ccn5)n4)c3)s2)cc1. The average Bonchev–Trinajstić information content (AvgIpc) is 3.59. The summed E-state index contributed by atoms with van der Waals surface area (Å²) in [7, 11) is 0. The van der Waals surface area contributed by atoms with E-state index in [9.17, 15) is 19.8 Å². The molecular weight excluding hydrogens is 669 g/mol. The molecule has 0 saturated carbocycles. The maximum Gasteiger partial charge on any atom is 0.335 e. The predicted octanol–water partition coefficient (Wildman–Crippen LogP) is 10.1. The quantitative estimate of drug-likeness (QED) is 0.158. The van der Waals surface area contributed by atoms with E-state index in [-0.39, 0.29) is 33.3 Å². The number of carboxylic acid groups (broad SMARTS) is 2. The van der Waals surface area contributed by atoms with Crippen molar-refractivity contribution in [2.45, 2.75) is 52.4 Å². The van der Waals surface area contributed by atoms with Crippen molar-refractivity contribution < 1.29 is 19.8 Å². The Morgan fingerprint density at radius 1 is 0.596 bits per heavy atom. The van der Waals surface area contributed by atoms with Crippen LogP contribution in [0.3, 0.4) is 0 Å². The van der Waals surface area contributed by atoms with Gasteiger partial charge in [-0.25, -0.2) is 14.6 Å². The van der Waals surface area contributed by atoms with Crippen molar-refractivity contribution >= 4 is 39.7 Å². The number of hydrogen-bond donors (Lipinski definition) is 2. The van der Waals surface area contributed by atoms with Crippen LogP contribution in [0.5, 0.6) is 0 Å².